The summed E-state index contributed by atoms with van der Waals surface area (Å²) in [6.45, 7) is 5.93. The number of para-hydroxylation sites is 1. The zero-order valence-corrected chi connectivity index (χ0v) is 15.5. The Morgan fingerprint density at radius 3 is 2.44 bits per heavy atom. The van der Waals surface area contributed by atoms with E-state index in [1.807, 2.05) is 71.2 Å². The van der Waals surface area contributed by atoms with E-state index in [9.17, 15) is 4.79 Å². The van der Waals surface area contributed by atoms with Gasteiger partial charge in [-0.05, 0) is 31.2 Å². The summed E-state index contributed by atoms with van der Waals surface area (Å²) >= 11 is 0. The SMILES string of the molecule is Cc1c(C(=O)N2CCN(Cc3ccccn3)CC2)cnn1-c1ccccc1. The van der Waals surface area contributed by atoms with Gasteiger partial charge < -0.3 is 4.90 Å². The van der Waals surface area contributed by atoms with Crippen LogP contribution in [0.15, 0.2) is 60.9 Å². The van der Waals surface area contributed by atoms with Crippen molar-refractivity contribution in [1.29, 1.82) is 0 Å². The minimum atomic E-state index is 0.0622. The number of amides is 1. The maximum Gasteiger partial charge on any atom is 0.257 e. The molecule has 0 bridgehead atoms. The molecule has 0 atom stereocenters. The van der Waals surface area contributed by atoms with E-state index in [-0.39, 0.29) is 5.91 Å². The molecule has 0 spiro atoms. The first-order valence-corrected chi connectivity index (χ1v) is 9.24. The summed E-state index contributed by atoms with van der Waals surface area (Å²) in [5.74, 6) is 0.0622. The molecule has 0 radical (unpaired) electrons. The van der Waals surface area contributed by atoms with Crippen molar-refractivity contribution in [2.45, 2.75) is 13.5 Å². The maximum absolute atomic E-state index is 13.0. The summed E-state index contributed by atoms with van der Waals surface area (Å²) < 4.78 is 1.82. The van der Waals surface area contributed by atoms with E-state index >= 15 is 0 Å². The normalized spacial score (nSPS) is 15.1. The van der Waals surface area contributed by atoms with Crippen molar-refractivity contribution >= 4 is 5.91 Å². The summed E-state index contributed by atoms with van der Waals surface area (Å²) in [6, 6.07) is 15.9. The van der Waals surface area contributed by atoms with Crippen LogP contribution in [0.1, 0.15) is 21.7 Å². The number of piperazine rings is 1. The summed E-state index contributed by atoms with van der Waals surface area (Å²) in [5, 5.41) is 4.42. The zero-order valence-electron chi connectivity index (χ0n) is 15.5. The summed E-state index contributed by atoms with van der Waals surface area (Å²) in [5.41, 5.74) is 3.59. The van der Waals surface area contributed by atoms with Gasteiger partial charge in [0.15, 0.2) is 0 Å². The van der Waals surface area contributed by atoms with Crippen molar-refractivity contribution in [1.82, 2.24) is 24.6 Å². The van der Waals surface area contributed by atoms with Gasteiger partial charge in [-0.25, -0.2) is 4.68 Å². The zero-order chi connectivity index (χ0) is 18.6. The summed E-state index contributed by atoms with van der Waals surface area (Å²) in [4.78, 5) is 21.6. The van der Waals surface area contributed by atoms with Gasteiger partial charge in [-0.15, -0.1) is 0 Å². The molecule has 1 saturated heterocycles. The van der Waals surface area contributed by atoms with Crippen LogP contribution in [0.2, 0.25) is 0 Å². The highest BCUT2D eigenvalue weighted by Gasteiger charge is 2.25. The lowest BCUT2D eigenvalue weighted by atomic mass is 10.2. The molecule has 0 unspecified atom stereocenters. The van der Waals surface area contributed by atoms with Crippen LogP contribution >= 0.6 is 0 Å². The third kappa shape index (κ3) is 3.75. The number of nitrogens with zero attached hydrogens (tertiary/aromatic N) is 5. The van der Waals surface area contributed by atoms with Gasteiger partial charge in [0.05, 0.1) is 28.8 Å². The maximum atomic E-state index is 13.0. The molecular formula is C21H23N5O. The van der Waals surface area contributed by atoms with Crippen LogP contribution in [0.3, 0.4) is 0 Å². The summed E-state index contributed by atoms with van der Waals surface area (Å²) in [6.07, 6.45) is 3.51. The Hall–Kier alpha value is -2.99. The van der Waals surface area contributed by atoms with Crippen molar-refractivity contribution in [3.05, 3.63) is 77.9 Å². The molecule has 4 rings (SSSR count). The molecule has 27 heavy (non-hydrogen) atoms. The number of hydrogen-bond acceptors (Lipinski definition) is 4. The molecule has 0 N–H and O–H groups in total. The quantitative estimate of drug-likeness (QED) is 0.717. The number of aromatic nitrogens is 3. The molecule has 1 aromatic carbocycles. The second-order valence-electron chi connectivity index (χ2n) is 6.78. The molecule has 3 aromatic rings. The van der Waals surface area contributed by atoms with Crippen LogP contribution < -0.4 is 0 Å². The van der Waals surface area contributed by atoms with Gasteiger partial charge >= 0.3 is 0 Å². The van der Waals surface area contributed by atoms with Crippen LogP contribution in [0.4, 0.5) is 0 Å². The second-order valence-corrected chi connectivity index (χ2v) is 6.78. The van der Waals surface area contributed by atoms with Crippen molar-refractivity contribution in [2.75, 3.05) is 26.2 Å². The fourth-order valence-electron chi connectivity index (χ4n) is 3.45. The molecule has 1 amide bonds. The number of pyridine rings is 1. The molecule has 0 aliphatic carbocycles. The Labute approximate surface area is 159 Å². The standard InChI is InChI=1S/C21H23N5O/c1-17-20(15-23-26(17)19-8-3-2-4-9-19)21(27)25-13-11-24(12-14-25)16-18-7-5-6-10-22-18/h2-10,15H,11-14,16H2,1H3. The third-order valence-corrected chi connectivity index (χ3v) is 5.01. The lowest BCUT2D eigenvalue weighted by Crippen LogP contribution is -2.48. The fraction of sp³-hybridized carbons (Fsp3) is 0.286. The fourth-order valence-corrected chi connectivity index (χ4v) is 3.45. The van der Waals surface area contributed by atoms with Crippen molar-refractivity contribution in [2.24, 2.45) is 0 Å². The van der Waals surface area contributed by atoms with Gasteiger partial charge in [-0.2, -0.15) is 5.10 Å². The number of hydrogen-bond donors (Lipinski definition) is 0. The Morgan fingerprint density at radius 2 is 1.74 bits per heavy atom. The van der Waals surface area contributed by atoms with Crippen LogP contribution in [0.5, 0.6) is 0 Å². The molecule has 0 saturated carbocycles. The van der Waals surface area contributed by atoms with Gasteiger partial charge in [0.25, 0.3) is 5.91 Å². The summed E-state index contributed by atoms with van der Waals surface area (Å²) in [7, 11) is 0. The largest absolute Gasteiger partial charge is 0.336 e. The Balaban J connectivity index is 1.41. The number of rotatable bonds is 4. The third-order valence-electron chi connectivity index (χ3n) is 5.01. The average Bonchev–Trinajstić information content (AvgIpc) is 3.11. The average molecular weight is 361 g/mol. The Kier molecular flexibility index (Phi) is 4.98. The molecule has 1 aliphatic rings. The van der Waals surface area contributed by atoms with Gasteiger partial charge in [-0.3, -0.25) is 14.7 Å². The smallest absolute Gasteiger partial charge is 0.257 e. The van der Waals surface area contributed by atoms with Gasteiger partial charge in [-0.1, -0.05) is 24.3 Å². The predicted molar refractivity (Wildman–Crippen MR) is 104 cm³/mol. The van der Waals surface area contributed by atoms with Crippen molar-refractivity contribution in [3.8, 4) is 5.69 Å². The Bertz CT molecular complexity index is 899. The van der Waals surface area contributed by atoms with Gasteiger partial charge in [0.2, 0.25) is 0 Å². The molecule has 3 heterocycles. The second kappa shape index (κ2) is 7.72. The molecule has 138 valence electrons. The van der Waals surface area contributed by atoms with Crippen LogP contribution in [-0.4, -0.2) is 56.7 Å². The monoisotopic (exact) mass is 361 g/mol. The minimum absolute atomic E-state index is 0.0622. The topological polar surface area (TPSA) is 54.3 Å². The van der Waals surface area contributed by atoms with Crippen LogP contribution in [0, 0.1) is 6.92 Å². The number of benzene rings is 1. The molecule has 6 heteroatoms. The highest BCUT2D eigenvalue weighted by molar-refractivity contribution is 5.95. The first-order valence-electron chi connectivity index (χ1n) is 9.24. The van der Waals surface area contributed by atoms with E-state index in [1.54, 1.807) is 6.20 Å². The van der Waals surface area contributed by atoms with Crippen LogP contribution in [0.25, 0.3) is 5.69 Å². The van der Waals surface area contributed by atoms with Crippen molar-refractivity contribution in [3.63, 3.8) is 0 Å². The Morgan fingerprint density at radius 1 is 1.00 bits per heavy atom. The van der Waals surface area contributed by atoms with E-state index in [2.05, 4.69) is 15.0 Å². The van der Waals surface area contributed by atoms with Gasteiger partial charge in [0.1, 0.15) is 0 Å². The van der Waals surface area contributed by atoms with E-state index in [0.29, 0.717) is 5.56 Å². The lowest BCUT2D eigenvalue weighted by Gasteiger charge is -2.34. The lowest BCUT2D eigenvalue weighted by molar-refractivity contribution is 0.0626. The van der Waals surface area contributed by atoms with E-state index in [0.717, 1.165) is 49.8 Å². The molecule has 6 nitrogen and oxygen atoms in total. The van der Waals surface area contributed by atoms with E-state index < -0.39 is 0 Å². The number of carbonyl (C=O) groups excluding carboxylic acids is 1. The highest BCUT2D eigenvalue weighted by atomic mass is 16.2. The molecular weight excluding hydrogens is 338 g/mol. The highest BCUT2D eigenvalue weighted by Crippen LogP contribution is 2.17. The van der Waals surface area contributed by atoms with E-state index in [4.69, 9.17) is 0 Å². The van der Waals surface area contributed by atoms with Crippen LogP contribution in [-0.2, 0) is 6.54 Å². The number of carbonyl (C=O) groups is 1. The molecule has 1 aliphatic heterocycles. The van der Waals surface area contributed by atoms with Gasteiger partial charge in [0, 0.05) is 38.9 Å². The first kappa shape index (κ1) is 17.4. The van der Waals surface area contributed by atoms with E-state index in [1.165, 1.54) is 0 Å². The minimum Gasteiger partial charge on any atom is -0.336 e. The first-order chi connectivity index (χ1) is 13.2. The molecule has 2 aromatic heterocycles. The molecule has 1 fully saturated rings. The van der Waals surface area contributed by atoms with Crippen molar-refractivity contribution < 1.29 is 4.79 Å². The predicted octanol–water partition coefficient (Wildman–Crippen LogP) is 2.53.